The molecule has 2 unspecified atom stereocenters. The van der Waals surface area contributed by atoms with E-state index in [2.05, 4.69) is 55.3 Å². The van der Waals surface area contributed by atoms with Crippen molar-refractivity contribution >= 4 is 23.6 Å². The molecule has 0 radical (unpaired) electrons. The Morgan fingerprint density at radius 2 is 2.03 bits per heavy atom. The summed E-state index contributed by atoms with van der Waals surface area (Å²) >= 11 is 1.39. The lowest BCUT2D eigenvalue weighted by molar-refractivity contribution is -0.136. The van der Waals surface area contributed by atoms with E-state index < -0.39 is 0 Å². The predicted molar refractivity (Wildman–Crippen MR) is 123 cm³/mol. The van der Waals surface area contributed by atoms with Gasteiger partial charge in [0, 0.05) is 24.8 Å². The molecule has 1 aromatic carbocycles. The fraction of sp³-hybridized carbons (Fsp3) is 0.565. The first-order valence-electron chi connectivity index (χ1n) is 11.1. The van der Waals surface area contributed by atoms with Crippen molar-refractivity contribution in [3.63, 3.8) is 0 Å². The van der Waals surface area contributed by atoms with E-state index in [1.165, 1.54) is 22.9 Å². The van der Waals surface area contributed by atoms with Crippen molar-refractivity contribution in [2.24, 2.45) is 5.92 Å². The molecule has 3 rings (SSSR count). The molecule has 0 bridgehead atoms. The van der Waals surface area contributed by atoms with Crippen LogP contribution in [0, 0.1) is 19.8 Å². The highest BCUT2D eigenvalue weighted by Crippen LogP contribution is 2.25. The number of aryl methyl sites for hydroxylation is 2. The van der Waals surface area contributed by atoms with Crippen molar-refractivity contribution in [2.75, 3.05) is 18.8 Å². The summed E-state index contributed by atoms with van der Waals surface area (Å²) < 4.78 is 1.91. The number of likely N-dealkylation sites (tertiary alicyclic amines) is 1. The molecule has 1 aliphatic heterocycles. The summed E-state index contributed by atoms with van der Waals surface area (Å²) in [4.78, 5) is 27.3. The number of carbonyl (C=O) groups is 2. The quantitative estimate of drug-likeness (QED) is 0.499. The van der Waals surface area contributed by atoms with Gasteiger partial charge in [0.05, 0.1) is 11.7 Å². The van der Waals surface area contributed by atoms with E-state index in [4.69, 9.17) is 0 Å². The lowest BCUT2D eigenvalue weighted by Crippen LogP contribution is -2.50. The van der Waals surface area contributed by atoms with Gasteiger partial charge in [-0.2, -0.15) is 0 Å². The average molecular weight is 444 g/mol. The topological polar surface area (TPSA) is 80.1 Å². The van der Waals surface area contributed by atoms with E-state index in [9.17, 15) is 9.59 Å². The molecular weight excluding hydrogens is 410 g/mol. The third kappa shape index (κ3) is 5.87. The molecule has 1 saturated heterocycles. The standard InChI is InChI=1S/C23H33N5O2S/c1-5-6-11-24-22(30)19-9-8-18(4)27(13-19)21(29)14-31-23-26-25-15-28(23)20-10-7-16(2)17(3)12-20/h7,10,12,15,18-19H,5-6,8-9,11,13-14H2,1-4H3,(H,24,30). The fourth-order valence-electron chi connectivity index (χ4n) is 3.79. The molecule has 168 valence electrons. The number of carbonyl (C=O) groups excluding carboxylic acids is 2. The number of rotatable bonds is 8. The number of unbranched alkanes of at least 4 members (excludes halogenated alkanes) is 1. The zero-order valence-corrected chi connectivity index (χ0v) is 19.7. The second-order valence-electron chi connectivity index (χ2n) is 8.35. The van der Waals surface area contributed by atoms with Gasteiger partial charge in [-0.1, -0.05) is 31.2 Å². The smallest absolute Gasteiger partial charge is 0.233 e. The van der Waals surface area contributed by atoms with E-state index in [1.54, 1.807) is 6.33 Å². The molecule has 1 aromatic heterocycles. The molecule has 1 aliphatic rings. The number of benzene rings is 1. The van der Waals surface area contributed by atoms with Gasteiger partial charge in [-0.25, -0.2) is 0 Å². The van der Waals surface area contributed by atoms with Crippen LogP contribution in [0.5, 0.6) is 0 Å². The van der Waals surface area contributed by atoms with Crippen LogP contribution in [0.1, 0.15) is 50.7 Å². The maximum Gasteiger partial charge on any atom is 0.233 e. The van der Waals surface area contributed by atoms with Gasteiger partial charge in [-0.05, 0) is 63.3 Å². The molecule has 2 amide bonds. The van der Waals surface area contributed by atoms with Crippen LogP contribution in [0.15, 0.2) is 29.7 Å². The van der Waals surface area contributed by atoms with Gasteiger partial charge < -0.3 is 10.2 Å². The Hall–Kier alpha value is -2.35. The van der Waals surface area contributed by atoms with Gasteiger partial charge in [0.25, 0.3) is 0 Å². The van der Waals surface area contributed by atoms with Crippen LogP contribution < -0.4 is 5.32 Å². The predicted octanol–water partition coefficient (Wildman–Crippen LogP) is 3.52. The van der Waals surface area contributed by atoms with E-state index in [0.717, 1.165) is 31.4 Å². The van der Waals surface area contributed by atoms with Gasteiger partial charge in [0.1, 0.15) is 6.33 Å². The largest absolute Gasteiger partial charge is 0.356 e. The summed E-state index contributed by atoms with van der Waals surface area (Å²) in [5.41, 5.74) is 3.41. The Balaban J connectivity index is 1.61. The molecular formula is C23H33N5O2S. The second-order valence-corrected chi connectivity index (χ2v) is 9.30. The average Bonchev–Trinajstić information content (AvgIpc) is 3.23. The maximum absolute atomic E-state index is 13.0. The van der Waals surface area contributed by atoms with Crippen molar-refractivity contribution in [3.05, 3.63) is 35.7 Å². The van der Waals surface area contributed by atoms with E-state index in [1.807, 2.05) is 15.5 Å². The van der Waals surface area contributed by atoms with Gasteiger partial charge in [0.15, 0.2) is 5.16 Å². The van der Waals surface area contributed by atoms with Crippen LogP contribution in [0.3, 0.4) is 0 Å². The molecule has 2 aromatic rings. The van der Waals surface area contributed by atoms with Crippen LogP contribution in [-0.4, -0.2) is 56.4 Å². The van der Waals surface area contributed by atoms with Crippen molar-refractivity contribution in [1.29, 1.82) is 0 Å². The highest BCUT2D eigenvalue weighted by molar-refractivity contribution is 7.99. The highest BCUT2D eigenvalue weighted by Gasteiger charge is 2.32. The number of hydrogen-bond acceptors (Lipinski definition) is 5. The number of hydrogen-bond donors (Lipinski definition) is 1. The van der Waals surface area contributed by atoms with Gasteiger partial charge in [-0.15, -0.1) is 10.2 Å². The molecule has 0 aliphatic carbocycles. The molecule has 0 saturated carbocycles. The summed E-state index contributed by atoms with van der Waals surface area (Å²) in [5, 5.41) is 12.0. The number of aromatic nitrogens is 3. The Labute approximate surface area is 189 Å². The molecule has 31 heavy (non-hydrogen) atoms. The second kappa shape index (κ2) is 10.8. The zero-order valence-electron chi connectivity index (χ0n) is 18.9. The minimum Gasteiger partial charge on any atom is -0.356 e. The van der Waals surface area contributed by atoms with Crippen LogP contribution in [0.25, 0.3) is 5.69 Å². The first-order chi connectivity index (χ1) is 14.9. The van der Waals surface area contributed by atoms with E-state index >= 15 is 0 Å². The van der Waals surface area contributed by atoms with E-state index in [-0.39, 0.29) is 29.5 Å². The number of thioether (sulfide) groups is 1. The van der Waals surface area contributed by atoms with Crippen LogP contribution >= 0.6 is 11.8 Å². The lowest BCUT2D eigenvalue weighted by atomic mass is 9.92. The summed E-state index contributed by atoms with van der Waals surface area (Å²) in [6, 6.07) is 6.35. The lowest BCUT2D eigenvalue weighted by Gasteiger charge is -2.37. The number of amides is 2. The number of nitrogens with zero attached hydrogens (tertiary/aromatic N) is 4. The molecule has 7 nitrogen and oxygen atoms in total. The minimum absolute atomic E-state index is 0.0400. The Morgan fingerprint density at radius 1 is 1.23 bits per heavy atom. The minimum atomic E-state index is -0.124. The Bertz CT molecular complexity index is 913. The number of nitrogens with one attached hydrogen (secondary N) is 1. The zero-order chi connectivity index (χ0) is 22.4. The van der Waals surface area contributed by atoms with Gasteiger partial charge in [0.2, 0.25) is 11.8 Å². The SMILES string of the molecule is CCCCNC(=O)C1CCC(C)N(C(=O)CSc2nncn2-c2ccc(C)c(C)c2)C1. The third-order valence-electron chi connectivity index (χ3n) is 6.01. The summed E-state index contributed by atoms with van der Waals surface area (Å²) in [6.07, 6.45) is 5.39. The van der Waals surface area contributed by atoms with Gasteiger partial charge in [-0.3, -0.25) is 14.2 Å². The monoisotopic (exact) mass is 443 g/mol. The molecule has 2 atom stereocenters. The molecule has 1 N–H and O–H groups in total. The van der Waals surface area contributed by atoms with Gasteiger partial charge >= 0.3 is 0 Å². The van der Waals surface area contributed by atoms with Crippen molar-refractivity contribution in [2.45, 2.75) is 64.6 Å². The van der Waals surface area contributed by atoms with Crippen molar-refractivity contribution in [1.82, 2.24) is 25.0 Å². The van der Waals surface area contributed by atoms with Crippen LogP contribution in [0.2, 0.25) is 0 Å². The molecule has 8 heteroatoms. The fourth-order valence-corrected chi connectivity index (χ4v) is 4.60. The van der Waals surface area contributed by atoms with Crippen LogP contribution in [-0.2, 0) is 9.59 Å². The first kappa shape index (κ1) is 23.3. The molecule has 1 fully saturated rings. The van der Waals surface area contributed by atoms with Crippen molar-refractivity contribution < 1.29 is 9.59 Å². The number of piperidine rings is 1. The Morgan fingerprint density at radius 3 is 2.77 bits per heavy atom. The summed E-state index contributed by atoms with van der Waals surface area (Å²) in [6.45, 7) is 9.52. The molecule has 2 heterocycles. The summed E-state index contributed by atoms with van der Waals surface area (Å²) in [7, 11) is 0. The van der Waals surface area contributed by atoms with Crippen LogP contribution in [0.4, 0.5) is 0 Å². The first-order valence-corrected chi connectivity index (χ1v) is 12.1. The normalized spacial score (nSPS) is 18.8. The van der Waals surface area contributed by atoms with E-state index in [0.29, 0.717) is 18.2 Å². The molecule has 0 spiro atoms. The third-order valence-corrected chi connectivity index (χ3v) is 6.94. The summed E-state index contributed by atoms with van der Waals surface area (Å²) in [5.74, 6) is 0.262. The highest BCUT2D eigenvalue weighted by atomic mass is 32.2. The van der Waals surface area contributed by atoms with Crippen molar-refractivity contribution in [3.8, 4) is 5.69 Å². The Kier molecular flexibility index (Phi) is 8.12. The maximum atomic E-state index is 13.0.